The van der Waals surface area contributed by atoms with Gasteiger partial charge in [0.05, 0.1) is 0 Å². The fraction of sp³-hybridized carbons (Fsp3) is 0.400. The quantitative estimate of drug-likeness (QED) is 0.429. The molecule has 0 aliphatic rings. The molecule has 2 aromatic carbocycles. The van der Waals surface area contributed by atoms with Crippen molar-refractivity contribution in [1.29, 1.82) is 0 Å². The third-order valence-corrected chi connectivity index (χ3v) is 8.25. The Labute approximate surface area is 166 Å². The molecular formula is C20H24Cl2O2Se. The van der Waals surface area contributed by atoms with Gasteiger partial charge in [-0.05, 0) is 0 Å². The predicted octanol–water partition coefficient (Wildman–Crippen LogP) is 5.26. The molecule has 0 bridgehead atoms. The molecule has 5 heteroatoms. The van der Waals surface area contributed by atoms with Crippen LogP contribution in [0, 0.1) is 13.8 Å². The molecule has 2 rings (SSSR count). The van der Waals surface area contributed by atoms with Gasteiger partial charge in [0.15, 0.2) is 0 Å². The molecule has 136 valence electrons. The molecule has 2 atom stereocenters. The second-order valence-electron chi connectivity index (χ2n) is 6.31. The van der Waals surface area contributed by atoms with Crippen molar-refractivity contribution in [2.45, 2.75) is 48.1 Å². The van der Waals surface area contributed by atoms with Crippen LogP contribution in [0.5, 0.6) is 11.5 Å². The van der Waals surface area contributed by atoms with Gasteiger partial charge in [-0.15, -0.1) is 0 Å². The number of halogens is 2. The van der Waals surface area contributed by atoms with Gasteiger partial charge in [0, 0.05) is 0 Å². The predicted molar refractivity (Wildman–Crippen MR) is 108 cm³/mol. The van der Waals surface area contributed by atoms with Crippen molar-refractivity contribution in [2.24, 2.45) is 0 Å². The van der Waals surface area contributed by atoms with Crippen LogP contribution in [-0.2, 0) is 12.8 Å². The molecule has 0 radical (unpaired) electrons. The second-order valence-corrected chi connectivity index (χ2v) is 9.80. The van der Waals surface area contributed by atoms with Gasteiger partial charge in [0.1, 0.15) is 0 Å². The van der Waals surface area contributed by atoms with Gasteiger partial charge in [-0.2, -0.15) is 0 Å². The summed E-state index contributed by atoms with van der Waals surface area (Å²) >= 11 is 13.2. The van der Waals surface area contributed by atoms with E-state index < -0.39 is 0 Å². The number of phenols is 2. The summed E-state index contributed by atoms with van der Waals surface area (Å²) in [5, 5.41) is 22.0. The van der Waals surface area contributed by atoms with Gasteiger partial charge in [0.2, 0.25) is 0 Å². The molecule has 0 aromatic heterocycles. The van der Waals surface area contributed by atoms with E-state index in [-0.39, 0.29) is 10.8 Å². The van der Waals surface area contributed by atoms with Crippen LogP contribution < -0.4 is 0 Å². The molecule has 0 amide bonds. The van der Waals surface area contributed by atoms with Crippen molar-refractivity contribution in [3.63, 3.8) is 0 Å². The van der Waals surface area contributed by atoms with Crippen molar-refractivity contribution in [2.75, 3.05) is 0 Å². The topological polar surface area (TPSA) is 40.5 Å². The first-order chi connectivity index (χ1) is 11.9. The molecule has 0 aliphatic heterocycles. The number of aromatic hydroxyl groups is 2. The third-order valence-electron chi connectivity index (χ3n) is 4.12. The van der Waals surface area contributed by atoms with E-state index in [2.05, 4.69) is 0 Å². The number of hydrogen-bond donors (Lipinski definition) is 2. The molecule has 0 fully saturated rings. The average molecular weight is 446 g/mol. The van der Waals surface area contributed by atoms with Crippen LogP contribution in [0.15, 0.2) is 36.4 Å². The summed E-state index contributed by atoms with van der Waals surface area (Å²) in [5.74, 6) is 0.705. The Morgan fingerprint density at radius 2 is 1.20 bits per heavy atom. The maximum atomic E-state index is 10.1. The molecule has 0 saturated carbocycles. The van der Waals surface area contributed by atoms with Crippen LogP contribution in [0.2, 0.25) is 10.6 Å². The number of rotatable bonds is 8. The Morgan fingerprint density at radius 3 is 1.60 bits per heavy atom. The Hall–Kier alpha value is -0.861. The Bertz CT molecular complexity index is 647. The minimum absolute atomic E-state index is 0.00365. The fourth-order valence-corrected chi connectivity index (χ4v) is 5.80. The molecule has 25 heavy (non-hydrogen) atoms. The summed E-state index contributed by atoms with van der Waals surface area (Å²) in [6.45, 7) is 3.79. The number of phenolic OH excluding ortho intramolecular Hbond substituents is 2. The normalized spacial score (nSPS) is 13.6. The van der Waals surface area contributed by atoms with Crippen LogP contribution >= 0.6 is 23.2 Å². The van der Waals surface area contributed by atoms with Crippen molar-refractivity contribution in [3.8, 4) is 11.5 Å². The van der Waals surface area contributed by atoms with Gasteiger partial charge in [0.25, 0.3) is 0 Å². The van der Waals surface area contributed by atoms with Crippen molar-refractivity contribution >= 4 is 38.2 Å². The van der Waals surface area contributed by atoms with Gasteiger partial charge < -0.3 is 0 Å². The van der Waals surface area contributed by atoms with E-state index in [4.69, 9.17) is 23.2 Å². The second kappa shape index (κ2) is 9.73. The SMILES string of the molecule is Cc1cccc(CC(Cl)C[Se]CC(Cl)Cc2cccc(C)c2O)c1O. The first-order valence-electron chi connectivity index (χ1n) is 8.29. The first-order valence-corrected chi connectivity index (χ1v) is 11.6. The van der Waals surface area contributed by atoms with Crippen LogP contribution in [-0.4, -0.2) is 35.9 Å². The Morgan fingerprint density at radius 1 is 0.800 bits per heavy atom. The van der Waals surface area contributed by atoms with E-state index in [1.165, 1.54) is 0 Å². The number of benzene rings is 2. The molecule has 0 saturated heterocycles. The Balaban J connectivity index is 1.77. The zero-order valence-corrected chi connectivity index (χ0v) is 17.7. The first kappa shape index (κ1) is 20.5. The van der Waals surface area contributed by atoms with E-state index >= 15 is 0 Å². The minimum atomic E-state index is 0.00365. The maximum absolute atomic E-state index is 10.1. The van der Waals surface area contributed by atoms with Crippen LogP contribution in [0.4, 0.5) is 0 Å². The monoisotopic (exact) mass is 446 g/mol. The molecule has 2 unspecified atom stereocenters. The van der Waals surface area contributed by atoms with E-state index in [0.29, 0.717) is 39.3 Å². The number of alkyl halides is 2. The summed E-state index contributed by atoms with van der Waals surface area (Å²) in [4.78, 5) is 0. The summed E-state index contributed by atoms with van der Waals surface area (Å²) in [6, 6.07) is 11.5. The van der Waals surface area contributed by atoms with Crippen LogP contribution in [0.1, 0.15) is 22.3 Å². The van der Waals surface area contributed by atoms with Gasteiger partial charge >= 0.3 is 167 Å². The average Bonchev–Trinajstić information content (AvgIpc) is 2.56. The molecule has 2 nitrogen and oxygen atoms in total. The number of para-hydroxylation sites is 2. The standard InChI is InChI=1S/C20H24Cl2O2Se/c1-13-5-3-7-15(19(13)23)9-17(21)11-25-12-18(22)10-16-8-4-6-14(2)20(16)24/h3-8,17-18,23-24H,9-12H2,1-2H3. The molecular weight excluding hydrogens is 422 g/mol. The summed E-state index contributed by atoms with van der Waals surface area (Å²) in [5.41, 5.74) is 3.57. The Kier molecular flexibility index (Phi) is 7.96. The van der Waals surface area contributed by atoms with Crippen molar-refractivity contribution < 1.29 is 10.2 Å². The van der Waals surface area contributed by atoms with Crippen LogP contribution in [0.25, 0.3) is 0 Å². The molecule has 0 spiro atoms. The zero-order valence-electron chi connectivity index (χ0n) is 14.5. The van der Waals surface area contributed by atoms with Crippen molar-refractivity contribution in [3.05, 3.63) is 58.7 Å². The number of aryl methyl sites for hydroxylation is 2. The molecule has 0 aliphatic carbocycles. The molecule has 2 N–H and O–H groups in total. The van der Waals surface area contributed by atoms with Crippen molar-refractivity contribution in [1.82, 2.24) is 0 Å². The van der Waals surface area contributed by atoms with E-state index in [9.17, 15) is 10.2 Å². The van der Waals surface area contributed by atoms with E-state index in [0.717, 1.165) is 32.9 Å². The van der Waals surface area contributed by atoms with Gasteiger partial charge in [-0.1, -0.05) is 0 Å². The van der Waals surface area contributed by atoms with Crippen LogP contribution in [0.3, 0.4) is 0 Å². The summed E-state index contributed by atoms with van der Waals surface area (Å²) in [7, 11) is 0. The summed E-state index contributed by atoms with van der Waals surface area (Å²) < 4.78 is 0. The molecule has 2 aromatic rings. The van der Waals surface area contributed by atoms with Gasteiger partial charge in [-0.3, -0.25) is 0 Å². The van der Waals surface area contributed by atoms with Gasteiger partial charge in [-0.25, -0.2) is 0 Å². The third kappa shape index (κ3) is 6.11. The van der Waals surface area contributed by atoms with E-state index in [1.54, 1.807) is 0 Å². The summed E-state index contributed by atoms with van der Waals surface area (Å²) in [6.07, 6.45) is 1.34. The fourth-order valence-electron chi connectivity index (χ4n) is 2.69. The van der Waals surface area contributed by atoms with E-state index in [1.807, 2.05) is 50.2 Å². The number of hydrogen-bond acceptors (Lipinski definition) is 2. The zero-order chi connectivity index (χ0) is 18.4. The molecule has 0 heterocycles.